The number of benzene rings is 1. The second kappa shape index (κ2) is 6.47. The van der Waals surface area contributed by atoms with E-state index in [1.54, 1.807) is 24.3 Å². The van der Waals surface area contributed by atoms with Crippen molar-refractivity contribution in [3.8, 4) is 5.75 Å². The first kappa shape index (κ1) is 14.4. The minimum absolute atomic E-state index is 0.104. The Hall–Kier alpha value is -2.56. The number of pyridine rings is 1. The summed E-state index contributed by atoms with van der Waals surface area (Å²) in [6.07, 6.45) is 5.24. The van der Waals surface area contributed by atoms with Crippen molar-refractivity contribution in [3.63, 3.8) is 0 Å². The molecule has 1 aromatic carbocycles. The highest BCUT2D eigenvalue weighted by Crippen LogP contribution is 2.27. The number of rotatable bonds is 4. The first-order valence-electron chi connectivity index (χ1n) is 7.39. The van der Waals surface area contributed by atoms with Crippen LogP contribution in [0.2, 0.25) is 0 Å². The molecule has 0 radical (unpaired) electrons. The number of aromatic nitrogens is 1. The monoisotopic (exact) mass is 297 g/mol. The second-order valence-electron chi connectivity index (χ2n) is 5.38. The average molecular weight is 297 g/mol. The molecule has 0 spiro atoms. The Bertz CT molecular complexity index is 658. The van der Waals surface area contributed by atoms with Crippen LogP contribution in [0, 0.1) is 0 Å². The van der Waals surface area contributed by atoms with E-state index in [2.05, 4.69) is 10.3 Å². The Kier molecular flexibility index (Phi) is 4.23. The molecule has 0 unspecified atom stereocenters. The molecule has 3 rings (SSSR count). The molecular weight excluding hydrogens is 278 g/mol. The van der Waals surface area contributed by atoms with Crippen molar-refractivity contribution in [2.75, 3.05) is 25.5 Å². The lowest BCUT2D eigenvalue weighted by Gasteiger charge is -2.18. The van der Waals surface area contributed by atoms with E-state index in [1.807, 2.05) is 30.3 Å². The number of urea groups is 1. The normalized spacial score (nSPS) is 12.4. The van der Waals surface area contributed by atoms with Gasteiger partial charge in [-0.3, -0.25) is 4.98 Å². The summed E-state index contributed by atoms with van der Waals surface area (Å²) in [4.78, 5) is 17.9. The smallest absolute Gasteiger partial charge is 0.321 e. The van der Waals surface area contributed by atoms with Crippen LogP contribution < -0.4 is 10.1 Å². The van der Waals surface area contributed by atoms with Gasteiger partial charge in [-0.2, -0.15) is 0 Å². The third-order valence-electron chi connectivity index (χ3n) is 3.77. The molecule has 22 heavy (non-hydrogen) atoms. The molecule has 1 aliphatic rings. The topological polar surface area (TPSA) is 54.5 Å². The van der Waals surface area contributed by atoms with Crippen LogP contribution in [0.3, 0.4) is 0 Å². The number of ether oxygens (including phenoxy) is 1. The summed E-state index contributed by atoms with van der Waals surface area (Å²) in [6.45, 7) is 1.38. The minimum atomic E-state index is -0.104. The van der Waals surface area contributed by atoms with Crippen LogP contribution in [0.15, 0.2) is 42.7 Å². The van der Waals surface area contributed by atoms with E-state index in [9.17, 15) is 4.79 Å². The highest BCUT2D eigenvalue weighted by atomic mass is 16.5. The van der Waals surface area contributed by atoms with Crippen molar-refractivity contribution >= 4 is 11.7 Å². The van der Waals surface area contributed by atoms with E-state index in [4.69, 9.17) is 4.74 Å². The Morgan fingerprint density at radius 1 is 1.32 bits per heavy atom. The highest BCUT2D eigenvalue weighted by Gasteiger charge is 2.14. The van der Waals surface area contributed by atoms with Gasteiger partial charge in [-0.1, -0.05) is 0 Å². The van der Waals surface area contributed by atoms with Crippen LogP contribution in [0.1, 0.15) is 11.1 Å². The van der Waals surface area contributed by atoms with E-state index in [1.165, 1.54) is 5.56 Å². The molecule has 5 nitrogen and oxygen atoms in total. The van der Waals surface area contributed by atoms with Crippen molar-refractivity contribution in [2.24, 2.45) is 0 Å². The largest absolute Gasteiger partial charge is 0.493 e. The van der Waals surface area contributed by atoms with Crippen molar-refractivity contribution < 1.29 is 9.53 Å². The fourth-order valence-electron chi connectivity index (χ4n) is 2.43. The van der Waals surface area contributed by atoms with E-state index < -0.39 is 0 Å². The molecule has 2 aromatic rings. The van der Waals surface area contributed by atoms with Crippen LogP contribution in [-0.4, -0.2) is 36.1 Å². The third-order valence-corrected chi connectivity index (χ3v) is 3.77. The van der Waals surface area contributed by atoms with Gasteiger partial charge in [0, 0.05) is 38.1 Å². The maximum absolute atomic E-state index is 12.2. The molecule has 1 N–H and O–H groups in total. The molecule has 0 atom stereocenters. The van der Waals surface area contributed by atoms with Crippen LogP contribution in [0.5, 0.6) is 5.75 Å². The first-order valence-corrected chi connectivity index (χ1v) is 7.39. The van der Waals surface area contributed by atoms with Gasteiger partial charge >= 0.3 is 6.03 Å². The van der Waals surface area contributed by atoms with Gasteiger partial charge < -0.3 is 15.0 Å². The summed E-state index contributed by atoms with van der Waals surface area (Å²) in [6, 6.07) is 9.59. The van der Waals surface area contributed by atoms with Gasteiger partial charge in [0.1, 0.15) is 5.75 Å². The summed E-state index contributed by atoms with van der Waals surface area (Å²) in [5.74, 6) is 0.920. The van der Waals surface area contributed by atoms with Crippen molar-refractivity contribution in [2.45, 2.75) is 12.8 Å². The zero-order valence-corrected chi connectivity index (χ0v) is 12.6. The standard InChI is InChI=1S/C17H19N3O2/c1-20(10-6-13-4-8-18-9-5-13)17(21)19-15-2-3-16-14(12-15)7-11-22-16/h2-5,8-9,12H,6-7,10-11H2,1H3,(H,19,21). The maximum Gasteiger partial charge on any atom is 0.321 e. The molecule has 1 aliphatic heterocycles. The van der Waals surface area contributed by atoms with Gasteiger partial charge in [0.05, 0.1) is 6.61 Å². The number of hydrogen-bond acceptors (Lipinski definition) is 3. The lowest BCUT2D eigenvalue weighted by Crippen LogP contribution is -2.33. The maximum atomic E-state index is 12.2. The predicted octanol–water partition coefficient (Wildman–Crippen LogP) is 2.72. The number of fused-ring (bicyclic) bond motifs is 1. The van der Waals surface area contributed by atoms with Gasteiger partial charge in [-0.05, 0) is 47.9 Å². The minimum Gasteiger partial charge on any atom is -0.493 e. The summed E-state index contributed by atoms with van der Waals surface area (Å²) in [7, 11) is 1.80. The van der Waals surface area contributed by atoms with E-state index in [0.717, 1.165) is 36.4 Å². The number of amides is 2. The molecule has 0 saturated carbocycles. The number of likely N-dealkylation sites (N-methyl/N-ethyl adjacent to an activating group) is 1. The molecule has 114 valence electrons. The summed E-state index contributed by atoms with van der Waals surface area (Å²) < 4.78 is 5.47. The number of nitrogens with one attached hydrogen (secondary N) is 1. The molecule has 0 saturated heterocycles. The molecule has 0 bridgehead atoms. The number of carbonyl (C=O) groups is 1. The fraction of sp³-hybridized carbons (Fsp3) is 0.294. The average Bonchev–Trinajstić information content (AvgIpc) is 3.01. The quantitative estimate of drug-likeness (QED) is 0.944. The Morgan fingerprint density at radius 3 is 2.95 bits per heavy atom. The third kappa shape index (κ3) is 3.36. The second-order valence-corrected chi connectivity index (χ2v) is 5.38. The molecule has 2 heterocycles. The SMILES string of the molecule is CN(CCc1ccncc1)C(=O)Nc1ccc2c(c1)CCO2. The Morgan fingerprint density at radius 2 is 2.14 bits per heavy atom. The van der Waals surface area contributed by atoms with Crippen molar-refractivity contribution in [1.82, 2.24) is 9.88 Å². The van der Waals surface area contributed by atoms with Gasteiger partial charge in [0.15, 0.2) is 0 Å². The Balaban J connectivity index is 1.55. The van der Waals surface area contributed by atoms with Crippen molar-refractivity contribution in [3.05, 3.63) is 53.9 Å². The van der Waals surface area contributed by atoms with Gasteiger partial charge in [-0.15, -0.1) is 0 Å². The molecular formula is C17H19N3O2. The summed E-state index contributed by atoms with van der Waals surface area (Å²) in [5.41, 5.74) is 3.13. The number of anilines is 1. The Labute approximate surface area is 129 Å². The highest BCUT2D eigenvalue weighted by molar-refractivity contribution is 5.89. The zero-order valence-electron chi connectivity index (χ0n) is 12.6. The number of hydrogen-bond donors (Lipinski definition) is 1. The predicted molar refractivity (Wildman–Crippen MR) is 85.2 cm³/mol. The molecule has 0 aliphatic carbocycles. The van der Waals surface area contributed by atoms with E-state index in [-0.39, 0.29) is 6.03 Å². The summed E-state index contributed by atoms with van der Waals surface area (Å²) >= 11 is 0. The zero-order chi connectivity index (χ0) is 15.4. The fourth-order valence-corrected chi connectivity index (χ4v) is 2.43. The molecule has 1 aromatic heterocycles. The van der Waals surface area contributed by atoms with Gasteiger partial charge in [0.25, 0.3) is 0 Å². The van der Waals surface area contributed by atoms with Crippen LogP contribution in [0.4, 0.5) is 10.5 Å². The molecule has 5 heteroatoms. The van der Waals surface area contributed by atoms with Gasteiger partial charge in [0.2, 0.25) is 0 Å². The van der Waals surface area contributed by atoms with Crippen LogP contribution >= 0.6 is 0 Å². The van der Waals surface area contributed by atoms with E-state index >= 15 is 0 Å². The molecule has 2 amide bonds. The lowest BCUT2D eigenvalue weighted by atomic mass is 10.1. The van der Waals surface area contributed by atoms with Gasteiger partial charge in [-0.25, -0.2) is 4.79 Å². The van der Waals surface area contributed by atoms with Crippen molar-refractivity contribution in [1.29, 1.82) is 0 Å². The first-order chi connectivity index (χ1) is 10.7. The van der Waals surface area contributed by atoms with Crippen LogP contribution in [-0.2, 0) is 12.8 Å². The van der Waals surface area contributed by atoms with E-state index in [0.29, 0.717) is 6.54 Å². The number of nitrogens with zero attached hydrogens (tertiary/aromatic N) is 2. The number of carbonyl (C=O) groups excluding carboxylic acids is 1. The molecule has 0 fully saturated rings. The lowest BCUT2D eigenvalue weighted by molar-refractivity contribution is 0.223. The summed E-state index contributed by atoms with van der Waals surface area (Å²) in [5, 5.41) is 2.93. The van der Waals surface area contributed by atoms with Crippen LogP contribution in [0.25, 0.3) is 0 Å².